The Labute approximate surface area is 100 Å². The molecule has 1 atom stereocenters. The SMILES string of the molecule is C=CC(C)(C)OOC(C(=O)O)c1ccccc1. The second kappa shape index (κ2) is 5.61. The van der Waals surface area contributed by atoms with Crippen LogP contribution in [0.15, 0.2) is 43.0 Å². The van der Waals surface area contributed by atoms with E-state index in [0.29, 0.717) is 5.56 Å². The molecule has 0 spiro atoms. The Morgan fingerprint density at radius 2 is 2.00 bits per heavy atom. The van der Waals surface area contributed by atoms with Crippen LogP contribution in [-0.4, -0.2) is 16.7 Å². The highest BCUT2D eigenvalue weighted by atomic mass is 17.2. The summed E-state index contributed by atoms with van der Waals surface area (Å²) in [6.07, 6.45) is 0.395. The Balaban J connectivity index is 2.76. The van der Waals surface area contributed by atoms with Gasteiger partial charge in [0.25, 0.3) is 0 Å². The fourth-order valence-electron chi connectivity index (χ4n) is 1.07. The number of hydrogen-bond donors (Lipinski definition) is 1. The zero-order valence-corrected chi connectivity index (χ0v) is 9.92. The average Bonchev–Trinajstić information content (AvgIpc) is 2.30. The Bertz CT molecular complexity index is 384. The van der Waals surface area contributed by atoms with E-state index < -0.39 is 17.7 Å². The largest absolute Gasteiger partial charge is 0.479 e. The molecule has 1 rings (SSSR count). The summed E-state index contributed by atoms with van der Waals surface area (Å²) in [6.45, 7) is 7.03. The third-order valence-electron chi connectivity index (χ3n) is 2.18. The van der Waals surface area contributed by atoms with Crippen LogP contribution in [0.4, 0.5) is 0 Å². The molecule has 0 aromatic heterocycles. The molecule has 0 aliphatic rings. The summed E-state index contributed by atoms with van der Waals surface area (Å²) in [6, 6.07) is 8.63. The number of carbonyl (C=O) groups is 1. The highest BCUT2D eigenvalue weighted by Gasteiger charge is 2.25. The van der Waals surface area contributed by atoms with Crippen molar-refractivity contribution >= 4 is 5.97 Å². The van der Waals surface area contributed by atoms with E-state index in [1.807, 2.05) is 0 Å². The van der Waals surface area contributed by atoms with E-state index in [9.17, 15) is 4.79 Å². The van der Waals surface area contributed by atoms with Gasteiger partial charge in [0.2, 0.25) is 6.10 Å². The van der Waals surface area contributed by atoms with E-state index in [0.717, 1.165) is 0 Å². The van der Waals surface area contributed by atoms with E-state index in [2.05, 4.69) is 6.58 Å². The van der Waals surface area contributed by atoms with Crippen LogP contribution in [0.3, 0.4) is 0 Å². The zero-order chi connectivity index (χ0) is 12.9. The standard InChI is InChI=1S/C13H16O4/c1-4-13(2,3)17-16-11(12(14)15)10-8-6-5-7-9-10/h4-9,11H,1H2,2-3H3,(H,14,15). The molecule has 1 unspecified atom stereocenters. The minimum atomic E-state index is -1.14. The van der Waals surface area contributed by atoms with Crippen molar-refractivity contribution in [1.82, 2.24) is 0 Å². The van der Waals surface area contributed by atoms with Crippen molar-refractivity contribution < 1.29 is 19.7 Å². The Morgan fingerprint density at radius 1 is 1.41 bits per heavy atom. The van der Waals surface area contributed by atoms with Gasteiger partial charge >= 0.3 is 5.97 Å². The monoisotopic (exact) mass is 236 g/mol. The van der Waals surface area contributed by atoms with Crippen LogP contribution < -0.4 is 0 Å². The normalized spacial score (nSPS) is 13.1. The van der Waals surface area contributed by atoms with Crippen molar-refractivity contribution in [3.63, 3.8) is 0 Å². The Morgan fingerprint density at radius 3 is 2.47 bits per heavy atom. The van der Waals surface area contributed by atoms with Gasteiger partial charge < -0.3 is 5.11 Å². The summed E-state index contributed by atoms with van der Waals surface area (Å²) in [7, 11) is 0. The number of benzene rings is 1. The van der Waals surface area contributed by atoms with Gasteiger partial charge in [0.05, 0.1) is 0 Å². The fraction of sp³-hybridized carbons (Fsp3) is 0.308. The number of aliphatic carboxylic acids is 1. The van der Waals surface area contributed by atoms with Gasteiger partial charge in [-0.3, -0.25) is 0 Å². The number of carboxylic acid groups (broad SMARTS) is 1. The van der Waals surface area contributed by atoms with Crippen molar-refractivity contribution in [2.24, 2.45) is 0 Å². The molecule has 1 N–H and O–H groups in total. The van der Waals surface area contributed by atoms with Crippen LogP contribution in [0.25, 0.3) is 0 Å². The van der Waals surface area contributed by atoms with Crippen molar-refractivity contribution in [3.8, 4) is 0 Å². The van der Waals surface area contributed by atoms with E-state index in [-0.39, 0.29) is 0 Å². The minimum absolute atomic E-state index is 0.528. The Hall–Kier alpha value is -1.65. The van der Waals surface area contributed by atoms with Crippen LogP contribution >= 0.6 is 0 Å². The predicted molar refractivity (Wildman–Crippen MR) is 63.3 cm³/mol. The molecule has 4 nitrogen and oxygen atoms in total. The molecule has 0 aliphatic carbocycles. The molecule has 4 heteroatoms. The van der Waals surface area contributed by atoms with Gasteiger partial charge in [-0.2, -0.15) is 0 Å². The predicted octanol–water partition coefficient (Wildman–Crippen LogP) is 2.73. The summed E-state index contributed by atoms with van der Waals surface area (Å²) >= 11 is 0. The molecular formula is C13H16O4. The maximum atomic E-state index is 11.1. The maximum Gasteiger partial charge on any atom is 0.340 e. The first-order valence-corrected chi connectivity index (χ1v) is 5.22. The van der Waals surface area contributed by atoms with Gasteiger partial charge in [-0.05, 0) is 19.4 Å². The lowest BCUT2D eigenvalue weighted by atomic mass is 10.1. The summed E-state index contributed by atoms with van der Waals surface area (Å²) < 4.78 is 0. The van der Waals surface area contributed by atoms with Gasteiger partial charge in [-0.1, -0.05) is 36.4 Å². The lowest BCUT2D eigenvalue weighted by Gasteiger charge is -2.22. The van der Waals surface area contributed by atoms with E-state index in [1.165, 1.54) is 6.08 Å². The Kier molecular flexibility index (Phi) is 4.43. The molecule has 1 aromatic carbocycles. The van der Waals surface area contributed by atoms with Gasteiger partial charge in [0.1, 0.15) is 5.60 Å². The van der Waals surface area contributed by atoms with Gasteiger partial charge in [0.15, 0.2) is 0 Å². The summed E-state index contributed by atoms with van der Waals surface area (Å²) in [5, 5.41) is 9.07. The first kappa shape index (κ1) is 13.4. The third kappa shape index (κ3) is 4.01. The van der Waals surface area contributed by atoms with Crippen LogP contribution in [-0.2, 0) is 14.6 Å². The minimum Gasteiger partial charge on any atom is -0.479 e. The maximum absolute atomic E-state index is 11.1. The molecule has 92 valence electrons. The second-order valence-electron chi connectivity index (χ2n) is 4.12. The number of hydrogen-bond acceptors (Lipinski definition) is 3. The van der Waals surface area contributed by atoms with Gasteiger partial charge in [-0.25, -0.2) is 14.6 Å². The average molecular weight is 236 g/mol. The van der Waals surface area contributed by atoms with E-state index in [1.54, 1.807) is 44.2 Å². The second-order valence-corrected chi connectivity index (χ2v) is 4.12. The van der Waals surface area contributed by atoms with Crippen LogP contribution in [0.5, 0.6) is 0 Å². The zero-order valence-electron chi connectivity index (χ0n) is 9.92. The molecule has 1 aromatic rings. The molecule has 0 fully saturated rings. The van der Waals surface area contributed by atoms with Crippen molar-refractivity contribution in [3.05, 3.63) is 48.6 Å². The van der Waals surface area contributed by atoms with Crippen molar-refractivity contribution in [2.75, 3.05) is 0 Å². The number of carboxylic acids is 1. The lowest BCUT2D eigenvalue weighted by Crippen LogP contribution is -2.25. The molecule has 0 saturated carbocycles. The highest BCUT2D eigenvalue weighted by molar-refractivity contribution is 5.74. The highest BCUT2D eigenvalue weighted by Crippen LogP contribution is 2.21. The van der Waals surface area contributed by atoms with Crippen LogP contribution in [0.2, 0.25) is 0 Å². The summed E-state index contributed by atoms with van der Waals surface area (Å²) in [5.74, 6) is -1.10. The van der Waals surface area contributed by atoms with Crippen LogP contribution in [0, 0.1) is 0 Å². The van der Waals surface area contributed by atoms with Crippen LogP contribution in [0.1, 0.15) is 25.5 Å². The molecule has 0 saturated heterocycles. The van der Waals surface area contributed by atoms with E-state index in [4.69, 9.17) is 14.9 Å². The fourth-order valence-corrected chi connectivity index (χ4v) is 1.07. The molecule has 0 amide bonds. The smallest absolute Gasteiger partial charge is 0.340 e. The summed E-state index contributed by atoms with van der Waals surface area (Å²) in [5.41, 5.74) is -0.206. The molecule has 0 aliphatic heterocycles. The molecule has 0 bridgehead atoms. The topological polar surface area (TPSA) is 55.8 Å². The summed E-state index contributed by atoms with van der Waals surface area (Å²) in [4.78, 5) is 21.1. The lowest BCUT2D eigenvalue weighted by molar-refractivity contribution is -0.363. The quantitative estimate of drug-likeness (QED) is 0.468. The van der Waals surface area contributed by atoms with Gasteiger partial charge in [0, 0.05) is 0 Å². The molecule has 0 heterocycles. The van der Waals surface area contributed by atoms with Crippen molar-refractivity contribution in [2.45, 2.75) is 25.6 Å². The van der Waals surface area contributed by atoms with E-state index >= 15 is 0 Å². The first-order chi connectivity index (χ1) is 7.96. The van der Waals surface area contributed by atoms with Gasteiger partial charge in [-0.15, -0.1) is 6.58 Å². The third-order valence-corrected chi connectivity index (χ3v) is 2.18. The molecule has 17 heavy (non-hydrogen) atoms. The van der Waals surface area contributed by atoms with Crippen molar-refractivity contribution in [1.29, 1.82) is 0 Å². The number of rotatable bonds is 6. The molecule has 0 radical (unpaired) electrons. The first-order valence-electron chi connectivity index (χ1n) is 5.22. The molecular weight excluding hydrogens is 220 g/mol.